The molecule has 4 nitrogen and oxygen atoms in total. The molecule has 0 aromatic heterocycles. The lowest BCUT2D eigenvalue weighted by Gasteiger charge is -2.27. The van der Waals surface area contributed by atoms with Gasteiger partial charge in [-0.15, -0.1) is 0 Å². The van der Waals surface area contributed by atoms with Crippen molar-refractivity contribution in [3.05, 3.63) is 21.9 Å². The minimum atomic E-state index is -0.821. The first-order valence-corrected chi connectivity index (χ1v) is 6.70. The Kier molecular flexibility index (Phi) is 4.42. The van der Waals surface area contributed by atoms with Crippen molar-refractivity contribution in [1.82, 2.24) is 10.2 Å². The molecule has 1 aromatic rings. The van der Waals surface area contributed by atoms with Gasteiger partial charge in [-0.1, -0.05) is 0 Å². The van der Waals surface area contributed by atoms with Crippen molar-refractivity contribution in [1.29, 1.82) is 0 Å². The molecule has 1 saturated heterocycles. The Morgan fingerprint density at radius 2 is 1.94 bits per heavy atom. The van der Waals surface area contributed by atoms with Gasteiger partial charge in [0.05, 0.1) is 4.47 Å². The molecule has 0 spiro atoms. The average Bonchev–Trinajstić information content (AvgIpc) is 2.40. The molecule has 0 bridgehead atoms. The predicted octanol–water partition coefficient (Wildman–Crippen LogP) is 1.45. The van der Waals surface area contributed by atoms with Gasteiger partial charge in [0.15, 0.2) is 17.3 Å². The number of nitrogens with one attached hydrogen (secondary N) is 1. The van der Waals surface area contributed by atoms with E-state index in [2.05, 4.69) is 26.1 Å². The highest BCUT2D eigenvalue weighted by Gasteiger charge is 2.17. The first-order valence-electron chi connectivity index (χ1n) is 5.91. The number of hydrogen-bond donors (Lipinski definition) is 3. The maximum Gasteiger partial charge on any atom is 0.195 e. The summed E-state index contributed by atoms with van der Waals surface area (Å²) < 4.78 is 13.5. The third-order valence-corrected chi connectivity index (χ3v) is 3.73. The Bertz CT molecular complexity index is 437. The smallest absolute Gasteiger partial charge is 0.195 e. The lowest BCUT2D eigenvalue weighted by molar-refractivity contribution is 0.243. The van der Waals surface area contributed by atoms with Crippen LogP contribution in [0.2, 0.25) is 0 Å². The number of halogens is 2. The van der Waals surface area contributed by atoms with Gasteiger partial charge in [-0.05, 0) is 28.4 Å². The predicted molar refractivity (Wildman–Crippen MR) is 70.4 cm³/mol. The monoisotopic (exact) mass is 318 g/mol. The summed E-state index contributed by atoms with van der Waals surface area (Å²) in [6.45, 7) is 4.64. The van der Waals surface area contributed by atoms with Crippen molar-refractivity contribution >= 4 is 15.9 Å². The highest BCUT2D eigenvalue weighted by atomic mass is 79.9. The van der Waals surface area contributed by atoms with Crippen molar-refractivity contribution in [3.63, 3.8) is 0 Å². The highest BCUT2D eigenvalue weighted by molar-refractivity contribution is 9.10. The van der Waals surface area contributed by atoms with Crippen LogP contribution in [0.4, 0.5) is 4.39 Å². The second kappa shape index (κ2) is 5.86. The van der Waals surface area contributed by atoms with Crippen LogP contribution in [0.1, 0.15) is 5.56 Å². The molecule has 6 heteroatoms. The largest absolute Gasteiger partial charge is 0.504 e. The standard InChI is InChI=1S/C12H16BrFN2O2/c13-9-7-8(11(17)12(18)10(9)14)1-4-16-5-2-15-3-6-16/h7,15,17-18H,1-6H2. The molecule has 0 amide bonds. The summed E-state index contributed by atoms with van der Waals surface area (Å²) in [6.07, 6.45) is 0.582. The van der Waals surface area contributed by atoms with Gasteiger partial charge in [0.2, 0.25) is 0 Å². The molecule has 0 aliphatic carbocycles. The van der Waals surface area contributed by atoms with E-state index in [9.17, 15) is 14.6 Å². The zero-order chi connectivity index (χ0) is 13.1. The SMILES string of the molecule is Oc1c(CCN2CCNCC2)cc(Br)c(F)c1O. The number of rotatable bonds is 3. The molecule has 0 saturated carbocycles. The quantitative estimate of drug-likeness (QED) is 0.738. The Morgan fingerprint density at radius 1 is 1.28 bits per heavy atom. The molecule has 2 rings (SSSR count). The molecule has 3 N–H and O–H groups in total. The summed E-state index contributed by atoms with van der Waals surface area (Å²) in [7, 11) is 0. The second-order valence-corrected chi connectivity index (χ2v) is 5.22. The van der Waals surface area contributed by atoms with Gasteiger partial charge in [0.1, 0.15) is 0 Å². The number of phenolic OH excluding ortho intramolecular Hbond substituents is 2. The number of piperazine rings is 1. The van der Waals surface area contributed by atoms with Gasteiger partial charge in [0, 0.05) is 38.3 Å². The van der Waals surface area contributed by atoms with Crippen molar-refractivity contribution < 1.29 is 14.6 Å². The minimum Gasteiger partial charge on any atom is -0.504 e. The molecule has 1 aliphatic rings. The topological polar surface area (TPSA) is 55.7 Å². The van der Waals surface area contributed by atoms with Crippen molar-refractivity contribution in [2.45, 2.75) is 6.42 Å². The second-order valence-electron chi connectivity index (χ2n) is 4.37. The first-order chi connectivity index (χ1) is 8.59. The molecular weight excluding hydrogens is 303 g/mol. The Morgan fingerprint density at radius 3 is 2.61 bits per heavy atom. The number of aromatic hydroxyl groups is 2. The Balaban J connectivity index is 2.05. The van der Waals surface area contributed by atoms with Crippen LogP contribution in [0.5, 0.6) is 11.5 Å². The van der Waals surface area contributed by atoms with E-state index < -0.39 is 11.6 Å². The van der Waals surface area contributed by atoms with E-state index in [1.54, 1.807) is 0 Å². The van der Waals surface area contributed by atoms with Crippen LogP contribution < -0.4 is 5.32 Å². The van der Waals surface area contributed by atoms with Gasteiger partial charge in [0.25, 0.3) is 0 Å². The zero-order valence-corrected chi connectivity index (χ0v) is 11.5. The lowest BCUT2D eigenvalue weighted by Crippen LogP contribution is -2.44. The first kappa shape index (κ1) is 13.6. The van der Waals surface area contributed by atoms with Crippen LogP contribution in [0.25, 0.3) is 0 Å². The summed E-state index contributed by atoms with van der Waals surface area (Å²) in [6, 6.07) is 1.52. The van der Waals surface area contributed by atoms with Crippen LogP contribution in [0.3, 0.4) is 0 Å². The minimum absolute atomic E-state index is 0.174. The van der Waals surface area contributed by atoms with E-state index in [0.717, 1.165) is 32.7 Å². The molecule has 1 fully saturated rings. The number of nitrogens with zero attached hydrogens (tertiary/aromatic N) is 1. The molecule has 100 valence electrons. The van der Waals surface area contributed by atoms with Crippen LogP contribution >= 0.6 is 15.9 Å². The van der Waals surface area contributed by atoms with Crippen molar-refractivity contribution in [2.75, 3.05) is 32.7 Å². The summed E-state index contributed by atoms with van der Waals surface area (Å²) in [5.41, 5.74) is 0.555. The lowest BCUT2D eigenvalue weighted by atomic mass is 10.1. The Labute approximate surface area is 114 Å². The number of benzene rings is 1. The fourth-order valence-electron chi connectivity index (χ4n) is 2.06. The molecule has 1 aliphatic heterocycles. The normalized spacial score (nSPS) is 17.0. The fourth-order valence-corrected chi connectivity index (χ4v) is 2.52. The van der Waals surface area contributed by atoms with Crippen LogP contribution in [0.15, 0.2) is 10.5 Å². The fraction of sp³-hybridized carbons (Fsp3) is 0.500. The molecule has 0 radical (unpaired) electrons. The van der Waals surface area contributed by atoms with E-state index in [1.165, 1.54) is 6.07 Å². The van der Waals surface area contributed by atoms with E-state index in [4.69, 9.17) is 0 Å². The summed E-state index contributed by atoms with van der Waals surface area (Å²) in [5, 5.41) is 22.4. The number of hydrogen-bond acceptors (Lipinski definition) is 4. The van der Waals surface area contributed by atoms with Gasteiger partial charge < -0.3 is 20.4 Å². The van der Waals surface area contributed by atoms with Crippen LogP contribution in [-0.2, 0) is 6.42 Å². The molecule has 0 unspecified atom stereocenters. The summed E-state index contributed by atoms with van der Waals surface area (Å²) in [4.78, 5) is 2.27. The Hall–Kier alpha value is -0.850. The van der Waals surface area contributed by atoms with Gasteiger partial charge in [-0.2, -0.15) is 0 Å². The maximum atomic E-state index is 13.3. The third kappa shape index (κ3) is 2.93. The van der Waals surface area contributed by atoms with Gasteiger partial charge in [-0.25, -0.2) is 4.39 Å². The van der Waals surface area contributed by atoms with Crippen LogP contribution in [0, 0.1) is 5.82 Å². The van der Waals surface area contributed by atoms with Gasteiger partial charge >= 0.3 is 0 Å². The maximum absolute atomic E-state index is 13.3. The third-order valence-electron chi connectivity index (χ3n) is 3.15. The van der Waals surface area contributed by atoms with E-state index in [0.29, 0.717) is 12.0 Å². The van der Waals surface area contributed by atoms with Gasteiger partial charge in [-0.3, -0.25) is 0 Å². The highest BCUT2D eigenvalue weighted by Crippen LogP contribution is 2.36. The van der Waals surface area contributed by atoms with E-state index in [1.807, 2.05) is 0 Å². The molecule has 1 heterocycles. The van der Waals surface area contributed by atoms with Crippen molar-refractivity contribution in [3.8, 4) is 11.5 Å². The summed E-state index contributed by atoms with van der Waals surface area (Å²) in [5.74, 6) is -1.86. The molecule has 0 atom stereocenters. The molecular formula is C12H16BrFN2O2. The average molecular weight is 319 g/mol. The van der Waals surface area contributed by atoms with Crippen molar-refractivity contribution in [2.24, 2.45) is 0 Å². The molecule has 1 aromatic carbocycles. The van der Waals surface area contributed by atoms with Crippen LogP contribution in [-0.4, -0.2) is 47.8 Å². The van der Waals surface area contributed by atoms with E-state index >= 15 is 0 Å². The number of phenols is 2. The molecule has 18 heavy (non-hydrogen) atoms. The summed E-state index contributed by atoms with van der Waals surface area (Å²) >= 11 is 3.03. The zero-order valence-electron chi connectivity index (χ0n) is 9.92. The van der Waals surface area contributed by atoms with E-state index in [-0.39, 0.29) is 10.2 Å².